The van der Waals surface area contributed by atoms with Crippen LogP contribution in [0, 0.1) is 5.41 Å². The van der Waals surface area contributed by atoms with E-state index in [1.54, 1.807) is 12.1 Å². The van der Waals surface area contributed by atoms with Crippen LogP contribution in [0.15, 0.2) is 12.1 Å². The van der Waals surface area contributed by atoms with Crippen LogP contribution in [0.3, 0.4) is 0 Å². The Morgan fingerprint density at radius 1 is 1.39 bits per heavy atom. The summed E-state index contributed by atoms with van der Waals surface area (Å²) in [6.07, 6.45) is 3.65. The van der Waals surface area contributed by atoms with Crippen molar-refractivity contribution in [3.05, 3.63) is 17.8 Å². The molecule has 2 rings (SSSR count). The Kier molecular flexibility index (Phi) is 3.79. The van der Waals surface area contributed by atoms with Gasteiger partial charge in [0.05, 0.1) is 0 Å². The summed E-state index contributed by atoms with van der Waals surface area (Å²) >= 11 is 0. The average molecular weight is 248 g/mol. The molecule has 1 aromatic heterocycles. The molecule has 0 bridgehead atoms. The summed E-state index contributed by atoms with van der Waals surface area (Å²) in [7, 11) is 0. The van der Waals surface area contributed by atoms with Gasteiger partial charge in [-0.3, -0.25) is 4.79 Å². The minimum absolute atomic E-state index is 0.140. The smallest absolute Gasteiger partial charge is 0.271 e. The molecule has 1 fully saturated rings. The first-order chi connectivity index (χ1) is 8.63. The van der Waals surface area contributed by atoms with E-state index in [4.69, 9.17) is 0 Å². The predicted molar refractivity (Wildman–Crippen MR) is 70.5 cm³/mol. The molecule has 0 saturated heterocycles. The maximum Gasteiger partial charge on any atom is 0.271 e. The number of nitrogens with zero attached hydrogens (tertiary/aromatic N) is 2. The normalized spacial score (nSPS) is 16.8. The molecule has 0 aromatic carbocycles. The van der Waals surface area contributed by atoms with Crippen molar-refractivity contribution in [1.29, 1.82) is 0 Å². The molecular weight excluding hydrogens is 228 g/mol. The lowest BCUT2D eigenvalue weighted by Gasteiger charge is -2.38. The molecule has 2 N–H and O–H groups in total. The van der Waals surface area contributed by atoms with Crippen molar-refractivity contribution in [3.63, 3.8) is 0 Å². The van der Waals surface area contributed by atoms with Gasteiger partial charge in [-0.2, -0.15) is 0 Å². The number of rotatable bonds is 5. The number of amides is 1. The Hall–Kier alpha value is -1.65. The quantitative estimate of drug-likeness (QED) is 0.834. The van der Waals surface area contributed by atoms with Gasteiger partial charge in [0.15, 0.2) is 5.69 Å². The molecule has 98 valence electrons. The van der Waals surface area contributed by atoms with E-state index in [1.807, 2.05) is 6.92 Å². The topological polar surface area (TPSA) is 66.9 Å². The second-order valence-electron chi connectivity index (χ2n) is 5.18. The first-order valence-electron chi connectivity index (χ1n) is 6.49. The van der Waals surface area contributed by atoms with E-state index >= 15 is 0 Å². The summed E-state index contributed by atoms with van der Waals surface area (Å²) in [6, 6.07) is 3.47. The van der Waals surface area contributed by atoms with Gasteiger partial charge in [-0.25, -0.2) is 0 Å². The van der Waals surface area contributed by atoms with Crippen molar-refractivity contribution < 1.29 is 4.79 Å². The summed E-state index contributed by atoms with van der Waals surface area (Å²) in [6.45, 7) is 5.71. The lowest BCUT2D eigenvalue weighted by Crippen LogP contribution is -2.40. The summed E-state index contributed by atoms with van der Waals surface area (Å²) in [4.78, 5) is 11.9. The molecule has 1 saturated carbocycles. The van der Waals surface area contributed by atoms with Crippen molar-refractivity contribution in [3.8, 4) is 0 Å². The first kappa shape index (κ1) is 12.8. The fraction of sp³-hybridized carbons (Fsp3) is 0.615. The van der Waals surface area contributed by atoms with Crippen LogP contribution in [-0.2, 0) is 0 Å². The molecule has 1 heterocycles. The number of carbonyl (C=O) groups excluding carboxylic acids is 1. The fourth-order valence-corrected chi connectivity index (χ4v) is 2.07. The highest BCUT2D eigenvalue weighted by Crippen LogP contribution is 2.39. The van der Waals surface area contributed by atoms with Gasteiger partial charge in [0.2, 0.25) is 0 Å². The van der Waals surface area contributed by atoms with Crippen molar-refractivity contribution in [2.45, 2.75) is 33.1 Å². The fourth-order valence-electron chi connectivity index (χ4n) is 2.07. The van der Waals surface area contributed by atoms with E-state index in [9.17, 15) is 4.79 Å². The number of nitrogens with one attached hydrogen (secondary N) is 2. The summed E-state index contributed by atoms with van der Waals surface area (Å²) in [5.41, 5.74) is 0.659. The molecule has 0 spiro atoms. The number of aromatic nitrogens is 2. The summed E-state index contributed by atoms with van der Waals surface area (Å²) in [5.74, 6) is 0.554. The van der Waals surface area contributed by atoms with E-state index < -0.39 is 0 Å². The van der Waals surface area contributed by atoms with Gasteiger partial charge in [0, 0.05) is 13.1 Å². The number of hydrogen-bond acceptors (Lipinski definition) is 4. The number of hydrogen-bond donors (Lipinski definition) is 2. The molecule has 1 aromatic rings. The van der Waals surface area contributed by atoms with Crippen LogP contribution >= 0.6 is 0 Å². The van der Waals surface area contributed by atoms with Crippen LogP contribution in [0.4, 0.5) is 5.82 Å². The van der Waals surface area contributed by atoms with E-state index in [2.05, 4.69) is 27.8 Å². The third-order valence-electron chi connectivity index (χ3n) is 3.49. The van der Waals surface area contributed by atoms with Crippen LogP contribution in [0.1, 0.15) is 43.6 Å². The minimum atomic E-state index is -0.140. The molecule has 5 heteroatoms. The summed E-state index contributed by atoms with van der Waals surface area (Å²) in [5, 5.41) is 13.8. The standard InChI is InChI=1S/C13H20N4O/c1-3-14-11-6-5-10(16-17-11)12(18)15-9-13(2)7-4-8-13/h5-6H,3-4,7-9H2,1-2H3,(H,14,17)(H,15,18). The first-order valence-corrected chi connectivity index (χ1v) is 6.49. The van der Waals surface area contributed by atoms with E-state index in [0.717, 1.165) is 13.1 Å². The van der Waals surface area contributed by atoms with Crippen molar-refractivity contribution in [2.75, 3.05) is 18.4 Å². The Morgan fingerprint density at radius 3 is 2.67 bits per heavy atom. The Bertz CT molecular complexity index is 412. The molecule has 0 aliphatic heterocycles. The number of carbonyl (C=O) groups is 1. The van der Waals surface area contributed by atoms with Gasteiger partial charge in [-0.15, -0.1) is 10.2 Å². The highest BCUT2D eigenvalue weighted by atomic mass is 16.1. The Morgan fingerprint density at radius 2 is 2.17 bits per heavy atom. The molecule has 1 amide bonds. The highest BCUT2D eigenvalue weighted by Gasteiger charge is 2.32. The van der Waals surface area contributed by atoms with Crippen LogP contribution in [0.25, 0.3) is 0 Å². The van der Waals surface area contributed by atoms with Gasteiger partial charge in [-0.1, -0.05) is 13.3 Å². The molecule has 18 heavy (non-hydrogen) atoms. The van der Waals surface area contributed by atoms with Crippen LogP contribution in [0.5, 0.6) is 0 Å². The Balaban J connectivity index is 1.88. The average Bonchev–Trinajstić information content (AvgIpc) is 2.35. The zero-order valence-electron chi connectivity index (χ0n) is 11.0. The van der Waals surface area contributed by atoms with Gasteiger partial charge in [0.25, 0.3) is 5.91 Å². The van der Waals surface area contributed by atoms with Crippen molar-refractivity contribution in [1.82, 2.24) is 15.5 Å². The van der Waals surface area contributed by atoms with Gasteiger partial charge in [0.1, 0.15) is 5.82 Å². The van der Waals surface area contributed by atoms with Crippen LogP contribution < -0.4 is 10.6 Å². The van der Waals surface area contributed by atoms with E-state index in [-0.39, 0.29) is 11.3 Å². The monoisotopic (exact) mass is 248 g/mol. The molecule has 0 radical (unpaired) electrons. The minimum Gasteiger partial charge on any atom is -0.369 e. The third-order valence-corrected chi connectivity index (χ3v) is 3.49. The Labute approximate surface area is 107 Å². The SMILES string of the molecule is CCNc1ccc(C(=O)NCC2(C)CCC2)nn1. The molecule has 5 nitrogen and oxygen atoms in total. The van der Waals surface area contributed by atoms with Gasteiger partial charge < -0.3 is 10.6 Å². The lowest BCUT2D eigenvalue weighted by atomic mass is 9.70. The van der Waals surface area contributed by atoms with E-state index in [1.165, 1.54) is 19.3 Å². The van der Waals surface area contributed by atoms with Crippen LogP contribution in [-0.4, -0.2) is 29.2 Å². The molecule has 0 unspecified atom stereocenters. The molecule has 0 atom stereocenters. The van der Waals surface area contributed by atoms with Gasteiger partial charge >= 0.3 is 0 Å². The maximum atomic E-state index is 11.9. The zero-order valence-corrected chi connectivity index (χ0v) is 11.0. The van der Waals surface area contributed by atoms with Crippen molar-refractivity contribution in [2.24, 2.45) is 5.41 Å². The van der Waals surface area contributed by atoms with Gasteiger partial charge in [-0.05, 0) is 37.3 Å². The van der Waals surface area contributed by atoms with E-state index in [0.29, 0.717) is 11.5 Å². The number of anilines is 1. The van der Waals surface area contributed by atoms with Crippen molar-refractivity contribution >= 4 is 11.7 Å². The third kappa shape index (κ3) is 2.97. The second kappa shape index (κ2) is 5.33. The lowest BCUT2D eigenvalue weighted by molar-refractivity contribution is 0.0885. The highest BCUT2D eigenvalue weighted by molar-refractivity contribution is 5.92. The zero-order chi connectivity index (χ0) is 13.0. The molecule has 1 aliphatic carbocycles. The largest absolute Gasteiger partial charge is 0.369 e. The summed E-state index contributed by atoms with van der Waals surface area (Å²) < 4.78 is 0. The predicted octanol–water partition coefficient (Wildman–Crippen LogP) is 1.83. The molecule has 1 aliphatic rings. The van der Waals surface area contributed by atoms with Crippen LogP contribution in [0.2, 0.25) is 0 Å². The molecular formula is C13H20N4O. The second-order valence-corrected chi connectivity index (χ2v) is 5.18. The maximum absolute atomic E-state index is 11.9.